The number of fused-ring (bicyclic) bond motifs is 9. The van der Waals surface area contributed by atoms with E-state index < -0.39 is 5.41 Å². The van der Waals surface area contributed by atoms with Crippen LogP contribution in [-0.2, 0) is 5.41 Å². The highest BCUT2D eigenvalue weighted by atomic mass is 35.5. The highest BCUT2D eigenvalue weighted by Crippen LogP contribution is 2.63. The van der Waals surface area contributed by atoms with Gasteiger partial charge in [-0.05, 0) is 63.6 Å². The monoisotopic (exact) mass is 448 g/mol. The van der Waals surface area contributed by atoms with Gasteiger partial charge in [0.2, 0.25) is 0 Å². The molecule has 0 unspecified atom stereocenters. The van der Waals surface area contributed by atoms with Crippen LogP contribution in [-0.4, -0.2) is 0 Å². The molecule has 0 saturated carbocycles. The Labute approximate surface area is 198 Å². The van der Waals surface area contributed by atoms with Crippen LogP contribution in [0.3, 0.4) is 0 Å². The predicted octanol–water partition coefficient (Wildman–Crippen LogP) is 8.67. The summed E-state index contributed by atoms with van der Waals surface area (Å²) in [6.07, 6.45) is 1.89. The molecule has 1 heterocycles. The molecule has 0 aromatic heterocycles. The minimum Gasteiger partial charge on any atom is -0.0984 e. The molecule has 1 aliphatic heterocycles. The Bertz CT molecular complexity index is 1390. The molecule has 6 rings (SSSR count). The highest BCUT2D eigenvalue weighted by Gasteiger charge is 2.51. The maximum absolute atomic E-state index is 6.62. The van der Waals surface area contributed by atoms with Crippen molar-refractivity contribution < 1.29 is 0 Å². The first-order valence-electron chi connectivity index (χ1n) is 10.8. The van der Waals surface area contributed by atoms with Gasteiger partial charge in [0, 0.05) is 14.8 Å². The van der Waals surface area contributed by atoms with Crippen LogP contribution in [0.1, 0.15) is 34.7 Å². The zero-order valence-corrected chi connectivity index (χ0v) is 19.3. The molecule has 32 heavy (non-hydrogen) atoms. The van der Waals surface area contributed by atoms with Gasteiger partial charge in [0.15, 0.2) is 0 Å². The van der Waals surface area contributed by atoms with Crippen LogP contribution >= 0.6 is 23.4 Å². The molecule has 0 fully saturated rings. The van der Waals surface area contributed by atoms with Crippen molar-refractivity contribution in [2.24, 2.45) is 0 Å². The molecule has 0 saturated heterocycles. The summed E-state index contributed by atoms with van der Waals surface area (Å²) in [5, 5.41) is 0.756. The molecule has 4 aromatic carbocycles. The van der Waals surface area contributed by atoms with Gasteiger partial charge in [-0.2, -0.15) is 0 Å². The van der Waals surface area contributed by atoms with Crippen LogP contribution in [0.2, 0.25) is 0 Å². The van der Waals surface area contributed by atoms with Gasteiger partial charge in [-0.3, -0.25) is 0 Å². The third-order valence-corrected chi connectivity index (χ3v) is 8.08. The Balaban J connectivity index is 1.88. The molecule has 4 aromatic rings. The summed E-state index contributed by atoms with van der Waals surface area (Å²) in [6.45, 7) is 6.06. The standard InChI is InChI=1S/C30H21ClS/c1-3-20(19(2)31)22-12-10-13-23-21-11-4-5-14-24(21)30(29(22)23)25-15-6-8-17-27(25)32-28-18-9-7-16-26(28)30/h3-18H,1H2,2H3/b20-19-. The van der Waals surface area contributed by atoms with Crippen molar-refractivity contribution in [3.63, 3.8) is 0 Å². The van der Waals surface area contributed by atoms with Crippen molar-refractivity contribution in [1.29, 1.82) is 0 Å². The van der Waals surface area contributed by atoms with Crippen LogP contribution < -0.4 is 0 Å². The maximum Gasteiger partial charge on any atom is 0.0741 e. The van der Waals surface area contributed by atoms with E-state index in [1.54, 1.807) is 0 Å². The number of hydrogen-bond donors (Lipinski definition) is 0. The third kappa shape index (κ3) is 2.47. The van der Waals surface area contributed by atoms with Crippen molar-refractivity contribution in [1.82, 2.24) is 0 Å². The summed E-state index contributed by atoms with van der Waals surface area (Å²) < 4.78 is 0. The van der Waals surface area contributed by atoms with E-state index in [0.717, 1.165) is 16.2 Å². The lowest BCUT2D eigenvalue weighted by molar-refractivity contribution is 0.720. The molecular formula is C30H21ClS. The first kappa shape index (κ1) is 19.7. The summed E-state index contributed by atoms with van der Waals surface area (Å²) in [6, 6.07) is 33.1. The van der Waals surface area contributed by atoms with Crippen LogP contribution in [0.15, 0.2) is 118 Å². The fourth-order valence-corrected chi connectivity index (χ4v) is 6.95. The van der Waals surface area contributed by atoms with Crippen molar-refractivity contribution in [2.75, 3.05) is 0 Å². The normalized spacial score (nSPS) is 15.3. The van der Waals surface area contributed by atoms with Gasteiger partial charge in [0.1, 0.15) is 0 Å². The molecule has 0 radical (unpaired) electrons. The summed E-state index contributed by atoms with van der Waals surface area (Å²) in [5.74, 6) is 0. The lowest BCUT2D eigenvalue weighted by Crippen LogP contribution is -2.32. The van der Waals surface area contributed by atoms with Crippen molar-refractivity contribution >= 4 is 28.9 Å². The van der Waals surface area contributed by atoms with E-state index in [0.29, 0.717) is 0 Å². The molecule has 0 bridgehead atoms. The van der Waals surface area contributed by atoms with E-state index in [4.69, 9.17) is 11.6 Å². The van der Waals surface area contributed by atoms with Crippen molar-refractivity contribution in [2.45, 2.75) is 22.1 Å². The van der Waals surface area contributed by atoms with E-state index in [2.05, 4.69) is 97.6 Å². The number of halogens is 1. The molecule has 1 aliphatic carbocycles. The molecule has 0 nitrogen and oxygen atoms in total. The third-order valence-electron chi connectivity index (χ3n) is 6.73. The molecule has 1 spiro atoms. The lowest BCUT2D eigenvalue weighted by atomic mass is 9.65. The Morgan fingerprint density at radius 2 is 1.31 bits per heavy atom. The SMILES string of the molecule is C=C/C(=C(\C)Cl)c1cccc2c1C1(c3ccccc3Sc3ccccc31)c1ccccc1-2. The predicted molar refractivity (Wildman–Crippen MR) is 137 cm³/mol. The second-order valence-corrected chi connectivity index (χ2v) is 9.92. The zero-order valence-electron chi connectivity index (χ0n) is 17.7. The second kappa shape index (κ2) is 7.27. The largest absolute Gasteiger partial charge is 0.0984 e. The highest BCUT2D eigenvalue weighted by molar-refractivity contribution is 7.99. The van der Waals surface area contributed by atoms with Gasteiger partial charge < -0.3 is 0 Å². The summed E-state index contributed by atoms with van der Waals surface area (Å²) in [7, 11) is 0. The Hall–Kier alpha value is -3.00. The van der Waals surface area contributed by atoms with Gasteiger partial charge in [0.25, 0.3) is 0 Å². The summed E-state index contributed by atoms with van der Waals surface area (Å²) in [4.78, 5) is 2.60. The van der Waals surface area contributed by atoms with Crippen LogP contribution in [0, 0.1) is 0 Å². The molecule has 2 heteroatoms. The second-order valence-electron chi connectivity index (χ2n) is 8.27. The average Bonchev–Trinajstić information content (AvgIpc) is 3.12. The smallest absolute Gasteiger partial charge is 0.0741 e. The number of rotatable bonds is 2. The molecule has 2 aliphatic rings. The van der Waals surface area contributed by atoms with Crippen molar-refractivity contribution in [3.8, 4) is 11.1 Å². The van der Waals surface area contributed by atoms with Crippen LogP contribution in [0.4, 0.5) is 0 Å². The molecule has 0 N–H and O–H groups in total. The first-order chi connectivity index (χ1) is 15.7. The van der Waals surface area contributed by atoms with E-state index in [1.165, 1.54) is 43.2 Å². The average molecular weight is 449 g/mol. The number of hydrogen-bond acceptors (Lipinski definition) is 1. The summed E-state index contributed by atoms with van der Waals surface area (Å²) >= 11 is 8.48. The molecular weight excluding hydrogens is 428 g/mol. The van der Waals surface area contributed by atoms with Gasteiger partial charge in [-0.1, -0.05) is 115 Å². The minimum atomic E-state index is -0.401. The van der Waals surface area contributed by atoms with E-state index >= 15 is 0 Å². The van der Waals surface area contributed by atoms with E-state index in [-0.39, 0.29) is 0 Å². The Morgan fingerprint density at radius 3 is 1.94 bits per heavy atom. The lowest BCUT2D eigenvalue weighted by Gasteiger charge is -2.40. The van der Waals surface area contributed by atoms with Gasteiger partial charge in [0.05, 0.1) is 5.41 Å². The fraction of sp³-hybridized carbons (Fsp3) is 0.0667. The fourth-order valence-electron chi connectivity index (χ4n) is 5.57. The molecule has 0 atom stereocenters. The summed E-state index contributed by atoms with van der Waals surface area (Å²) in [5.41, 5.74) is 9.59. The Morgan fingerprint density at radius 1 is 0.750 bits per heavy atom. The minimum absolute atomic E-state index is 0.401. The first-order valence-corrected chi connectivity index (χ1v) is 12.0. The number of benzene rings is 4. The molecule has 0 amide bonds. The van der Waals surface area contributed by atoms with Crippen molar-refractivity contribution in [3.05, 3.63) is 137 Å². The van der Waals surface area contributed by atoms with Gasteiger partial charge in [-0.15, -0.1) is 0 Å². The van der Waals surface area contributed by atoms with Crippen LogP contribution in [0.5, 0.6) is 0 Å². The zero-order chi connectivity index (χ0) is 21.9. The Kier molecular flexibility index (Phi) is 4.47. The maximum atomic E-state index is 6.62. The quantitative estimate of drug-likeness (QED) is 0.239. The topological polar surface area (TPSA) is 0 Å². The van der Waals surface area contributed by atoms with E-state index in [9.17, 15) is 0 Å². The number of allylic oxidation sites excluding steroid dienone is 3. The molecule has 154 valence electrons. The van der Waals surface area contributed by atoms with Gasteiger partial charge in [-0.25, -0.2) is 0 Å². The van der Waals surface area contributed by atoms with E-state index in [1.807, 2.05) is 24.8 Å². The van der Waals surface area contributed by atoms with Crippen LogP contribution in [0.25, 0.3) is 16.7 Å². The van der Waals surface area contributed by atoms with Gasteiger partial charge >= 0.3 is 0 Å².